The zero-order valence-electron chi connectivity index (χ0n) is 23.3. The number of benzene rings is 2. The van der Waals surface area contributed by atoms with E-state index in [0.717, 1.165) is 24.2 Å². The molecular formula is C30H33Cl2FN2O5S. The minimum atomic E-state index is -1.11. The molecule has 1 atom stereocenters. The Morgan fingerprint density at radius 2 is 1.88 bits per heavy atom. The maximum Gasteiger partial charge on any atom is 0.331 e. The number of aliphatic carboxylic acids is 1. The second-order valence-corrected chi connectivity index (χ2v) is 11.5. The first-order chi connectivity index (χ1) is 19.5. The average Bonchev–Trinajstić information content (AvgIpc) is 3.38. The van der Waals surface area contributed by atoms with E-state index in [9.17, 15) is 9.59 Å². The number of carboxylic acid groups (broad SMARTS) is 1. The molecule has 1 unspecified atom stereocenters. The van der Waals surface area contributed by atoms with Crippen LogP contribution in [0.5, 0.6) is 0 Å². The van der Waals surface area contributed by atoms with E-state index in [1.165, 1.54) is 25.1 Å². The van der Waals surface area contributed by atoms with E-state index < -0.39 is 23.8 Å². The fraction of sp³-hybridized carbons (Fsp3) is 0.367. The third-order valence-electron chi connectivity index (χ3n) is 6.29. The van der Waals surface area contributed by atoms with Crippen LogP contribution in [0.3, 0.4) is 0 Å². The van der Waals surface area contributed by atoms with E-state index >= 15 is 4.39 Å². The molecule has 7 nitrogen and oxygen atoms in total. The van der Waals surface area contributed by atoms with Gasteiger partial charge in [0.1, 0.15) is 5.82 Å². The van der Waals surface area contributed by atoms with E-state index in [-0.39, 0.29) is 31.9 Å². The molecule has 11 heteroatoms. The third kappa shape index (κ3) is 9.08. The van der Waals surface area contributed by atoms with Crippen molar-refractivity contribution in [3.63, 3.8) is 0 Å². The van der Waals surface area contributed by atoms with Crippen molar-refractivity contribution in [3.05, 3.63) is 73.8 Å². The van der Waals surface area contributed by atoms with Gasteiger partial charge >= 0.3 is 5.97 Å². The number of halogens is 3. The largest absolute Gasteiger partial charge is 0.478 e. The van der Waals surface area contributed by atoms with Gasteiger partial charge in [-0.05, 0) is 50.0 Å². The first-order valence-corrected chi connectivity index (χ1v) is 14.7. The van der Waals surface area contributed by atoms with Gasteiger partial charge in [-0.25, -0.2) is 14.2 Å². The lowest BCUT2D eigenvalue weighted by Crippen LogP contribution is -2.12. The van der Waals surface area contributed by atoms with Crippen molar-refractivity contribution in [1.82, 2.24) is 4.98 Å². The summed E-state index contributed by atoms with van der Waals surface area (Å²) in [6, 6.07) is 7.83. The number of methoxy groups -OCH3 is 1. The molecule has 0 bridgehead atoms. The number of anilines is 1. The van der Waals surface area contributed by atoms with Crippen molar-refractivity contribution in [2.75, 3.05) is 25.6 Å². The summed E-state index contributed by atoms with van der Waals surface area (Å²) in [5.74, 6) is -1.45. The second-order valence-electron chi connectivity index (χ2n) is 9.85. The van der Waals surface area contributed by atoms with Crippen LogP contribution in [0.4, 0.5) is 9.52 Å². The van der Waals surface area contributed by atoms with Crippen molar-refractivity contribution in [3.8, 4) is 11.3 Å². The fourth-order valence-corrected chi connectivity index (χ4v) is 5.34. The molecule has 0 radical (unpaired) electrons. The van der Waals surface area contributed by atoms with Crippen LogP contribution in [0, 0.1) is 11.7 Å². The number of aromatic nitrogens is 1. The molecule has 0 aliphatic carbocycles. The number of amides is 1. The van der Waals surface area contributed by atoms with Gasteiger partial charge in [0.05, 0.1) is 21.8 Å². The minimum Gasteiger partial charge on any atom is -0.478 e. The molecule has 3 rings (SSSR count). The van der Waals surface area contributed by atoms with Crippen LogP contribution in [0.15, 0.2) is 41.3 Å². The molecule has 0 aliphatic rings. The number of carbonyl (C=O) groups excluding carboxylic acids is 1. The SMILES string of the molecule is COC(CCOCCCC(C)C)c1cccc(-c2csc(NC(=O)c3cc(Cl)c(/C=C(\C)C(=O)O)c(Cl)c3)n2)c1F. The van der Waals surface area contributed by atoms with E-state index in [1.54, 1.807) is 30.7 Å². The number of hydrogen-bond acceptors (Lipinski definition) is 6. The average molecular weight is 624 g/mol. The molecule has 0 saturated heterocycles. The summed E-state index contributed by atoms with van der Waals surface area (Å²) >= 11 is 13.7. The summed E-state index contributed by atoms with van der Waals surface area (Å²) in [6.07, 6.45) is 3.44. The number of nitrogens with one attached hydrogen (secondary N) is 1. The molecule has 3 aromatic rings. The summed E-state index contributed by atoms with van der Waals surface area (Å²) in [4.78, 5) is 28.4. The van der Waals surface area contributed by atoms with Gasteiger partial charge in [-0.15, -0.1) is 11.3 Å². The summed E-state index contributed by atoms with van der Waals surface area (Å²) in [5.41, 5.74) is 1.55. The van der Waals surface area contributed by atoms with Gasteiger partial charge in [-0.3, -0.25) is 10.1 Å². The molecular weight excluding hydrogens is 590 g/mol. The van der Waals surface area contributed by atoms with Crippen molar-refractivity contribution in [2.24, 2.45) is 5.92 Å². The van der Waals surface area contributed by atoms with Crippen LogP contribution in [0.25, 0.3) is 17.3 Å². The number of rotatable bonds is 14. The third-order valence-corrected chi connectivity index (χ3v) is 7.68. The highest BCUT2D eigenvalue weighted by molar-refractivity contribution is 7.14. The molecule has 1 aromatic heterocycles. The molecule has 1 amide bonds. The maximum absolute atomic E-state index is 15.6. The van der Waals surface area contributed by atoms with E-state index in [4.69, 9.17) is 37.8 Å². The first kappa shape index (κ1) is 32.7. The Morgan fingerprint density at radius 3 is 2.51 bits per heavy atom. The standard InChI is InChI=1S/C30H33Cl2FN2O5S/c1-17(2)7-6-11-40-12-10-26(39-4)21-9-5-8-20(27(21)33)25-16-41-30(34-25)35-28(36)19-14-23(31)22(24(32)15-19)13-18(3)29(37)38/h5,8-9,13-17,26H,6-7,10-12H2,1-4H3,(H,37,38)(H,34,35,36)/b18-13+. The lowest BCUT2D eigenvalue weighted by molar-refractivity contribution is -0.132. The van der Waals surface area contributed by atoms with Crippen LogP contribution < -0.4 is 5.32 Å². The topological polar surface area (TPSA) is 97.8 Å². The Labute approximate surface area is 253 Å². The van der Waals surface area contributed by atoms with Gasteiger partial charge in [0.25, 0.3) is 5.91 Å². The van der Waals surface area contributed by atoms with Crippen LogP contribution in [-0.2, 0) is 14.3 Å². The van der Waals surface area contributed by atoms with Gasteiger partial charge in [0.15, 0.2) is 5.13 Å². The summed E-state index contributed by atoms with van der Waals surface area (Å²) < 4.78 is 26.9. The van der Waals surface area contributed by atoms with Gasteiger partial charge in [0, 0.05) is 60.0 Å². The van der Waals surface area contributed by atoms with E-state index in [0.29, 0.717) is 42.4 Å². The fourth-order valence-electron chi connectivity index (χ4n) is 4.04. The molecule has 1 heterocycles. The van der Waals surface area contributed by atoms with Gasteiger partial charge in [0.2, 0.25) is 0 Å². The molecule has 220 valence electrons. The number of ether oxygens (including phenoxy) is 2. The zero-order valence-corrected chi connectivity index (χ0v) is 25.6. The Hall–Kier alpha value is -2.82. The Morgan fingerprint density at radius 1 is 1.17 bits per heavy atom. The number of carbonyl (C=O) groups is 2. The summed E-state index contributed by atoms with van der Waals surface area (Å²) in [6.45, 7) is 6.87. The van der Waals surface area contributed by atoms with E-state index in [2.05, 4.69) is 24.1 Å². The van der Waals surface area contributed by atoms with E-state index in [1.807, 2.05) is 0 Å². The highest BCUT2D eigenvalue weighted by Crippen LogP contribution is 2.33. The lowest BCUT2D eigenvalue weighted by atomic mass is 10.0. The van der Waals surface area contributed by atoms with Crippen molar-refractivity contribution in [2.45, 2.75) is 46.1 Å². The molecule has 0 spiro atoms. The lowest BCUT2D eigenvalue weighted by Gasteiger charge is -2.18. The number of nitrogens with zero attached hydrogens (tertiary/aromatic N) is 1. The first-order valence-electron chi connectivity index (χ1n) is 13.1. The molecule has 2 N–H and O–H groups in total. The quantitative estimate of drug-likeness (QED) is 0.138. The monoisotopic (exact) mass is 622 g/mol. The molecule has 0 aliphatic heterocycles. The highest BCUT2D eigenvalue weighted by Gasteiger charge is 2.21. The minimum absolute atomic E-state index is 0.0415. The van der Waals surface area contributed by atoms with Crippen LogP contribution in [0.2, 0.25) is 10.0 Å². The normalized spacial score (nSPS) is 12.5. The maximum atomic E-state index is 15.6. The van der Waals surface area contributed by atoms with Crippen LogP contribution >= 0.6 is 34.5 Å². The molecule has 0 saturated carbocycles. The summed E-state index contributed by atoms with van der Waals surface area (Å²) in [5, 5.41) is 13.9. The number of hydrogen-bond donors (Lipinski definition) is 2. The smallest absolute Gasteiger partial charge is 0.331 e. The predicted octanol–water partition coefficient (Wildman–Crippen LogP) is 8.53. The van der Waals surface area contributed by atoms with Gasteiger partial charge < -0.3 is 14.6 Å². The Balaban J connectivity index is 1.71. The number of carboxylic acids is 1. The highest BCUT2D eigenvalue weighted by atomic mass is 35.5. The predicted molar refractivity (Wildman–Crippen MR) is 162 cm³/mol. The molecule has 2 aromatic carbocycles. The zero-order chi connectivity index (χ0) is 30.1. The van der Waals surface area contributed by atoms with Crippen LogP contribution in [-0.4, -0.2) is 42.3 Å². The molecule has 0 fully saturated rings. The van der Waals surface area contributed by atoms with Gasteiger partial charge in [-0.1, -0.05) is 49.2 Å². The molecule has 41 heavy (non-hydrogen) atoms. The van der Waals surface area contributed by atoms with Gasteiger partial charge in [-0.2, -0.15) is 0 Å². The second kappa shape index (κ2) is 15.4. The Kier molecular flexibility index (Phi) is 12.3. The number of thiazole rings is 1. The van der Waals surface area contributed by atoms with Crippen molar-refractivity contribution < 1.29 is 28.6 Å². The van der Waals surface area contributed by atoms with Crippen LogP contribution in [0.1, 0.15) is 67.6 Å². The van der Waals surface area contributed by atoms with Crippen molar-refractivity contribution >= 4 is 57.6 Å². The Bertz CT molecular complexity index is 1390. The summed E-state index contributed by atoms with van der Waals surface area (Å²) in [7, 11) is 1.54. The van der Waals surface area contributed by atoms with Crippen molar-refractivity contribution in [1.29, 1.82) is 0 Å².